The summed E-state index contributed by atoms with van der Waals surface area (Å²) in [5.41, 5.74) is 5.27. The third-order valence-corrected chi connectivity index (χ3v) is 4.18. The predicted octanol–water partition coefficient (Wildman–Crippen LogP) is 0.971. The Hall–Kier alpha value is -1.95. The van der Waals surface area contributed by atoms with Gasteiger partial charge in [-0.05, 0) is 43.7 Å². The van der Waals surface area contributed by atoms with Crippen LogP contribution in [0.2, 0.25) is 0 Å². The molecule has 0 aromatic carbocycles. The van der Waals surface area contributed by atoms with Crippen molar-refractivity contribution in [2.45, 2.75) is 44.6 Å². The molecule has 0 saturated heterocycles. The van der Waals surface area contributed by atoms with Crippen molar-refractivity contribution in [2.24, 2.45) is 11.7 Å². The molecule has 0 bridgehead atoms. The van der Waals surface area contributed by atoms with Gasteiger partial charge in [0.05, 0.1) is 5.56 Å². The first-order valence-electron chi connectivity index (χ1n) is 7.80. The lowest BCUT2D eigenvalue weighted by Crippen LogP contribution is -2.38. The highest BCUT2D eigenvalue weighted by molar-refractivity contribution is 5.95. The number of aromatic nitrogens is 1. The highest BCUT2D eigenvalue weighted by Gasteiger charge is 2.24. The first kappa shape index (κ1) is 16.4. The molecule has 2 rings (SSSR count). The number of hydrogen-bond donors (Lipinski definition) is 3. The van der Waals surface area contributed by atoms with Crippen LogP contribution in [0.4, 0.5) is 0 Å². The average Bonchev–Trinajstić information content (AvgIpc) is 2.50. The van der Waals surface area contributed by atoms with Crippen LogP contribution in [0.3, 0.4) is 0 Å². The summed E-state index contributed by atoms with van der Waals surface area (Å²) in [6.45, 7) is 0.362. The fourth-order valence-electron chi connectivity index (χ4n) is 2.96. The van der Waals surface area contributed by atoms with E-state index in [-0.39, 0.29) is 34.8 Å². The van der Waals surface area contributed by atoms with Crippen molar-refractivity contribution in [3.63, 3.8) is 0 Å². The van der Waals surface area contributed by atoms with E-state index in [2.05, 4.69) is 10.3 Å². The van der Waals surface area contributed by atoms with Gasteiger partial charge in [0.1, 0.15) is 0 Å². The summed E-state index contributed by atoms with van der Waals surface area (Å²) < 4.78 is 0. The second-order valence-corrected chi connectivity index (χ2v) is 5.86. The van der Waals surface area contributed by atoms with E-state index in [1.165, 1.54) is 6.20 Å². The Morgan fingerprint density at radius 3 is 2.64 bits per heavy atom. The molecular weight excluding hydrogens is 282 g/mol. The number of ketones is 1. The second kappa shape index (κ2) is 7.89. The van der Waals surface area contributed by atoms with Crippen LogP contribution < -0.4 is 16.6 Å². The van der Waals surface area contributed by atoms with Crippen LogP contribution in [0.1, 0.15) is 48.9 Å². The Balaban J connectivity index is 1.80. The molecule has 1 aliphatic carbocycles. The summed E-state index contributed by atoms with van der Waals surface area (Å²) in [5.74, 6) is 0.185. The van der Waals surface area contributed by atoms with Crippen molar-refractivity contribution in [3.8, 4) is 0 Å². The molecule has 1 fully saturated rings. The Morgan fingerprint density at radius 2 is 2.00 bits per heavy atom. The molecule has 120 valence electrons. The van der Waals surface area contributed by atoms with Gasteiger partial charge in [-0.15, -0.1) is 0 Å². The van der Waals surface area contributed by atoms with E-state index in [0.29, 0.717) is 19.4 Å². The van der Waals surface area contributed by atoms with Crippen molar-refractivity contribution in [1.82, 2.24) is 10.3 Å². The maximum Gasteiger partial charge on any atom is 0.258 e. The van der Waals surface area contributed by atoms with Gasteiger partial charge in [-0.25, -0.2) is 0 Å². The van der Waals surface area contributed by atoms with Gasteiger partial charge >= 0.3 is 0 Å². The fraction of sp³-hybridized carbons (Fsp3) is 0.562. The van der Waals surface area contributed by atoms with Gasteiger partial charge in [-0.1, -0.05) is 0 Å². The molecule has 0 unspecified atom stereocenters. The number of aromatic amines is 1. The largest absolute Gasteiger partial charge is 0.353 e. The summed E-state index contributed by atoms with van der Waals surface area (Å²) in [4.78, 5) is 37.8. The molecule has 6 nitrogen and oxygen atoms in total. The molecule has 1 aromatic rings. The van der Waals surface area contributed by atoms with Crippen molar-refractivity contribution in [1.29, 1.82) is 0 Å². The Bertz CT molecular complexity index is 574. The van der Waals surface area contributed by atoms with E-state index >= 15 is 0 Å². The van der Waals surface area contributed by atoms with Crippen LogP contribution in [0, 0.1) is 5.92 Å². The minimum absolute atomic E-state index is 0.00199. The summed E-state index contributed by atoms with van der Waals surface area (Å²) in [5, 5.41) is 2.98. The third-order valence-electron chi connectivity index (χ3n) is 4.18. The molecule has 4 N–H and O–H groups in total. The summed E-state index contributed by atoms with van der Waals surface area (Å²) >= 11 is 0. The van der Waals surface area contributed by atoms with E-state index in [4.69, 9.17) is 5.73 Å². The fourth-order valence-corrected chi connectivity index (χ4v) is 2.96. The lowest BCUT2D eigenvalue weighted by molar-refractivity contribution is -0.121. The SMILES string of the molecule is NCCC(=O)NC1CCC(CC(=O)c2ccc[nH]c2=O)CC1. The number of nitrogens with one attached hydrogen (secondary N) is 2. The van der Waals surface area contributed by atoms with Crippen molar-refractivity contribution in [3.05, 3.63) is 34.2 Å². The monoisotopic (exact) mass is 305 g/mol. The molecule has 1 heterocycles. The quantitative estimate of drug-likeness (QED) is 0.681. The van der Waals surface area contributed by atoms with Gasteiger partial charge in [0.25, 0.3) is 5.56 Å². The summed E-state index contributed by atoms with van der Waals surface area (Å²) in [6.07, 6.45) is 5.81. The van der Waals surface area contributed by atoms with Crippen LogP contribution in [0.15, 0.2) is 23.1 Å². The van der Waals surface area contributed by atoms with Crippen molar-refractivity contribution >= 4 is 11.7 Å². The smallest absolute Gasteiger partial charge is 0.258 e. The number of H-pyrrole nitrogens is 1. The standard InChI is InChI=1S/C16H23N3O3/c17-8-7-15(21)19-12-5-3-11(4-6-12)10-14(20)13-2-1-9-18-16(13)22/h1-2,9,11-12H,3-8,10,17H2,(H,18,22)(H,19,21). The highest BCUT2D eigenvalue weighted by Crippen LogP contribution is 2.27. The number of hydrogen-bond acceptors (Lipinski definition) is 4. The van der Waals surface area contributed by atoms with Gasteiger partial charge in [0.2, 0.25) is 5.91 Å². The summed E-state index contributed by atoms with van der Waals surface area (Å²) in [7, 11) is 0. The third kappa shape index (κ3) is 4.53. The number of carbonyl (C=O) groups excluding carboxylic acids is 2. The lowest BCUT2D eigenvalue weighted by atomic mass is 9.82. The van der Waals surface area contributed by atoms with Crippen LogP contribution in [0.5, 0.6) is 0 Å². The van der Waals surface area contributed by atoms with Crippen LogP contribution in [-0.4, -0.2) is 29.3 Å². The predicted molar refractivity (Wildman–Crippen MR) is 83.6 cm³/mol. The number of amides is 1. The molecule has 0 aliphatic heterocycles. The van der Waals surface area contributed by atoms with E-state index in [9.17, 15) is 14.4 Å². The number of rotatable bonds is 6. The minimum Gasteiger partial charge on any atom is -0.353 e. The summed E-state index contributed by atoms with van der Waals surface area (Å²) in [6, 6.07) is 3.42. The topological polar surface area (TPSA) is 105 Å². The number of carbonyl (C=O) groups is 2. The van der Waals surface area contributed by atoms with Crippen molar-refractivity contribution < 1.29 is 9.59 Å². The van der Waals surface area contributed by atoms with Gasteiger partial charge < -0.3 is 16.0 Å². The lowest BCUT2D eigenvalue weighted by Gasteiger charge is -2.28. The molecule has 6 heteroatoms. The van der Waals surface area contributed by atoms with Crippen LogP contribution in [0.25, 0.3) is 0 Å². The molecule has 0 spiro atoms. The zero-order valence-electron chi connectivity index (χ0n) is 12.6. The molecule has 1 amide bonds. The van der Waals surface area contributed by atoms with Gasteiger partial charge in [0, 0.05) is 31.6 Å². The molecule has 1 aliphatic rings. The zero-order chi connectivity index (χ0) is 15.9. The van der Waals surface area contributed by atoms with Gasteiger partial charge in [-0.3, -0.25) is 14.4 Å². The Labute approximate surface area is 129 Å². The molecule has 1 aromatic heterocycles. The van der Waals surface area contributed by atoms with E-state index in [1.807, 2.05) is 0 Å². The van der Waals surface area contributed by atoms with E-state index in [0.717, 1.165) is 25.7 Å². The number of nitrogens with two attached hydrogens (primary N) is 1. The second-order valence-electron chi connectivity index (χ2n) is 5.86. The molecular formula is C16H23N3O3. The molecule has 1 saturated carbocycles. The van der Waals surface area contributed by atoms with Crippen molar-refractivity contribution in [2.75, 3.05) is 6.54 Å². The van der Waals surface area contributed by atoms with E-state index in [1.54, 1.807) is 12.1 Å². The normalized spacial score (nSPS) is 21.3. The zero-order valence-corrected chi connectivity index (χ0v) is 12.6. The average molecular weight is 305 g/mol. The number of pyridine rings is 1. The molecule has 0 atom stereocenters. The maximum absolute atomic E-state index is 12.2. The molecule has 0 radical (unpaired) electrons. The number of Topliss-reactive ketones (excluding diaryl/α,β-unsaturated/α-hetero) is 1. The first-order valence-corrected chi connectivity index (χ1v) is 7.80. The Morgan fingerprint density at radius 1 is 1.27 bits per heavy atom. The maximum atomic E-state index is 12.2. The van der Waals surface area contributed by atoms with Crippen LogP contribution >= 0.6 is 0 Å². The first-order chi connectivity index (χ1) is 10.6. The highest BCUT2D eigenvalue weighted by atomic mass is 16.2. The Kier molecular flexibility index (Phi) is 5.89. The van der Waals surface area contributed by atoms with E-state index < -0.39 is 0 Å². The molecule has 22 heavy (non-hydrogen) atoms. The van der Waals surface area contributed by atoms with Gasteiger partial charge in [-0.2, -0.15) is 0 Å². The van der Waals surface area contributed by atoms with Crippen LogP contribution in [-0.2, 0) is 4.79 Å². The van der Waals surface area contributed by atoms with Gasteiger partial charge in [0.15, 0.2) is 5.78 Å². The minimum atomic E-state index is -0.324.